The standard InChI is InChI=1S/C19H27N3O3/c1-23-13-4-11-20-19(21-12-10-18-5-3-14-25-18)22-15-16-6-8-17(24-2)9-7-16/h3,5-9,14H,4,10-13,15H2,1-2H3,(H2,20,21,22). The molecule has 1 aromatic heterocycles. The second-order valence-electron chi connectivity index (χ2n) is 5.54. The van der Waals surface area contributed by atoms with Crippen LogP contribution in [0, 0.1) is 0 Å². The van der Waals surface area contributed by atoms with Gasteiger partial charge in [-0.1, -0.05) is 12.1 Å². The van der Waals surface area contributed by atoms with Gasteiger partial charge in [0.1, 0.15) is 11.5 Å². The van der Waals surface area contributed by atoms with E-state index in [1.54, 1.807) is 20.5 Å². The van der Waals surface area contributed by atoms with Crippen LogP contribution in [-0.4, -0.2) is 39.9 Å². The molecule has 0 radical (unpaired) electrons. The number of nitrogens with zero attached hydrogens (tertiary/aromatic N) is 1. The number of ether oxygens (including phenoxy) is 2. The number of hydrogen-bond donors (Lipinski definition) is 2. The van der Waals surface area contributed by atoms with Gasteiger partial charge >= 0.3 is 0 Å². The first-order chi connectivity index (χ1) is 12.3. The molecule has 0 bridgehead atoms. The lowest BCUT2D eigenvalue weighted by Crippen LogP contribution is -2.39. The number of rotatable bonds is 10. The zero-order valence-corrected chi connectivity index (χ0v) is 15.0. The molecule has 0 saturated heterocycles. The summed E-state index contributed by atoms with van der Waals surface area (Å²) in [6, 6.07) is 11.8. The number of nitrogens with one attached hydrogen (secondary N) is 2. The average Bonchev–Trinajstić information content (AvgIpc) is 3.16. The van der Waals surface area contributed by atoms with E-state index in [-0.39, 0.29) is 0 Å². The van der Waals surface area contributed by atoms with Gasteiger partial charge in [-0.05, 0) is 36.2 Å². The fourth-order valence-electron chi connectivity index (χ4n) is 2.26. The molecule has 25 heavy (non-hydrogen) atoms. The number of guanidine groups is 1. The fraction of sp³-hybridized carbons (Fsp3) is 0.421. The van der Waals surface area contributed by atoms with Crippen LogP contribution in [0.2, 0.25) is 0 Å². The van der Waals surface area contributed by atoms with Crippen LogP contribution in [0.15, 0.2) is 52.1 Å². The first-order valence-corrected chi connectivity index (χ1v) is 8.48. The van der Waals surface area contributed by atoms with E-state index in [9.17, 15) is 0 Å². The molecule has 6 nitrogen and oxygen atoms in total. The van der Waals surface area contributed by atoms with Gasteiger partial charge in [-0.25, -0.2) is 4.99 Å². The van der Waals surface area contributed by atoms with Crippen LogP contribution in [0.5, 0.6) is 5.75 Å². The fourth-order valence-corrected chi connectivity index (χ4v) is 2.26. The molecular formula is C19H27N3O3. The van der Waals surface area contributed by atoms with Crippen molar-refractivity contribution in [2.75, 3.05) is 33.9 Å². The highest BCUT2D eigenvalue weighted by Crippen LogP contribution is 2.11. The Kier molecular flexibility index (Phi) is 8.41. The molecular weight excluding hydrogens is 318 g/mol. The SMILES string of the molecule is COCCCNC(=NCc1ccc(OC)cc1)NCCc1ccco1. The molecule has 2 N–H and O–H groups in total. The van der Waals surface area contributed by atoms with Crippen molar-refractivity contribution in [2.24, 2.45) is 4.99 Å². The number of benzene rings is 1. The van der Waals surface area contributed by atoms with Crippen molar-refractivity contribution >= 4 is 5.96 Å². The highest BCUT2D eigenvalue weighted by molar-refractivity contribution is 5.79. The van der Waals surface area contributed by atoms with Crippen molar-refractivity contribution in [3.63, 3.8) is 0 Å². The molecule has 2 aromatic rings. The lowest BCUT2D eigenvalue weighted by atomic mass is 10.2. The Labute approximate surface area is 149 Å². The zero-order chi connectivity index (χ0) is 17.7. The third kappa shape index (κ3) is 7.30. The Morgan fingerprint density at radius 3 is 2.56 bits per heavy atom. The number of furan rings is 1. The summed E-state index contributed by atoms with van der Waals surface area (Å²) in [5, 5.41) is 6.67. The Morgan fingerprint density at radius 2 is 1.88 bits per heavy atom. The summed E-state index contributed by atoms with van der Waals surface area (Å²) in [6.07, 6.45) is 3.43. The van der Waals surface area contributed by atoms with Crippen LogP contribution < -0.4 is 15.4 Å². The topological polar surface area (TPSA) is 68.0 Å². The van der Waals surface area contributed by atoms with Crippen molar-refractivity contribution in [1.29, 1.82) is 0 Å². The molecule has 0 unspecified atom stereocenters. The first kappa shape index (κ1) is 18.9. The highest BCUT2D eigenvalue weighted by Gasteiger charge is 2.01. The molecule has 0 atom stereocenters. The maximum Gasteiger partial charge on any atom is 0.191 e. The Balaban J connectivity index is 1.86. The van der Waals surface area contributed by atoms with Gasteiger partial charge in [-0.3, -0.25) is 0 Å². The van der Waals surface area contributed by atoms with Crippen molar-refractivity contribution in [1.82, 2.24) is 10.6 Å². The van der Waals surface area contributed by atoms with E-state index in [0.717, 1.165) is 55.6 Å². The van der Waals surface area contributed by atoms with Gasteiger partial charge in [0.25, 0.3) is 0 Å². The van der Waals surface area contributed by atoms with Gasteiger partial charge in [-0.15, -0.1) is 0 Å². The van der Waals surface area contributed by atoms with Gasteiger partial charge < -0.3 is 24.5 Å². The normalized spacial score (nSPS) is 11.4. The van der Waals surface area contributed by atoms with E-state index < -0.39 is 0 Å². The number of hydrogen-bond acceptors (Lipinski definition) is 4. The van der Waals surface area contributed by atoms with E-state index in [1.165, 1.54) is 0 Å². The smallest absolute Gasteiger partial charge is 0.191 e. The maximum absolute atomic E-state index is 5.35. The Morgan fingerprint density at radius 1 is 1.08 bits per heavy atom. The summed E-state index contributed by atoms with van der Waals surface area (Å²) < 4.78 is 15.6. The van der Waals surface area contributed by atoms with E-state index in [1.807, 2.05) is 36.4 Å². The summed E-state index contributed by atoms with van der Waals surface area (Å²) in [5.74, 6) is 2.60. The Bertz CT molecular complexity index is 609. The highest BCUT2D eigenvalue weighted by atomic mass is 16.5. The third-order valence-corrected chi connectivity index (χ3v) is 3.64. The monoisotopic (exact) mass is 345 g/mol. The average molecular weight is 345 g/mol. The van der Waals surface area contributed by atoms with Gasteiger partial charge in [0, 0.05) is 33.2 Å². The van der Waals surface area contributed by atoms with Crippen LogP contribution in [0.3, 0.4) is 0 Å². The van der Waals surface area contributed by atoms with Gasteiger partial charge in [-0.2, -0.15) is 0 Å². The van der Waals surface area contributed by atoms with E-state index in [0.29, 0.717) is 6.54 Å². The Hall–Kier alpha value is -2.47. The lowest BCUT2D eigenvalue weighted by Gasteiger charge is -2.12. The number of methoxy groups -OCH3 is 2. The van der Waals surface area contributed by atoms with Crippen molar-refractivity contribution in [3.8, 4) is 5.75 Å². The molecule has 0 amide bonds. The summed E-state index contributed by atoms with van der Waals surface area (Å²) in [6.45, 7) is 2.89. The minimum atomic E-state index is 0.602. The molecule has 0 spiro atoms. The summed E-state index contributed by atoms with van der Waals surface area (Å²) in [7, 11) is 3.37. The number of aliphatic imine (C=N–C) groups is 1. The largest absolute Gasteiger partial charge is 0.497 e. The van der Waals surface area contributed by atoms with Crippen LogP contribution >= 0.6 is 0 Å². The van der Waals surface area contributed by atoms with E-state index in [2.05, 4.69) is 15.6 Å². The molecule has 2 rings (SSSR count). The predicted molar refractivity (Wildman–Crippen MR) is 99.0 cm³/mol. The second kappa shape index (κ2) is 11.1. The molecule has 0 aliphatic rings. The van der Waals surface area contributed by atoms with Crippen molar-refractivity contribution in [2.45, 2.75) is 19.4 Å². The molecule has 0 aliphatic carbocycles. The molecule has 0 aliphatic heterocycles. The van der Waals surface area contributed by atoms with Crippen molar-refractivity contribution < 1.29 is 13.9 Å². The molecule has 0 fully saturated rings. The lowest BCUT2D eigenvalue weighted by molar-refractivity contribution is 0.195. The second-order valence-corrected chi connectivity index (χ2v) is 5.54. The molecule has 6 heteroatoms. The van der Waals surface area contributed by atoms with Gasteiger partial charge in [0.15, 0.2) is 5.96 Å². The van der Waals surface area contributed by atoms with E-state index >= 15 is 0 Å². The third-order valence-electron chi connectivity index (χ3n) is 3.64. The van der Waals surface area contributed by atoms with Crippen LogP contribution in [-0.2, 0) is 17.7 Å². The maximum atomic E-state index is 5.35. The van der Waals surface area contributed by atoms with E-state index in [4.69, 9.17) is 13.9 Å². The van der Waals surface area contributed by atoms with Crippen LogP contribution in [0.25, 0.3) is 0 Å². The summed E-state index contributed by atoms with van der Waals surface area (Å²) in [4.78, 5) is 4.65. The van der Waals surface area contributed by atoms with Gasteiger partial charge in [0.2, 0.25) is 0 Å². The quantitative estimate of drug-likeness (QED) is 0.394. The zero-order valence-electron chi connectivity index (χ0n) is 15.0. The summed E-state index contributed by atoms with van der Waals surface area (Å²) in [5.41, 5.74) is 1.13. The molecule has 1 heterocycles. The molecule has 1 aromatic carbocycles. The summed E-state index contributed by atoms with van der Waals surface area (Å²) >= 11 is 0. The predicted octanol–water partition coefficient (Wildman–Crippen LogP) is 2.60. The van der Waals surface area contributed by atoms with Crippen molar-refractivity contribution in [3.05, 3.63) is 54.0 Å². The van der Waals surface area contributed by atoms with Crippen LogP contribution in [0.1, 0.15) is 17.7 Å². The van der Waals surface area contributed by atoms with Gasteiger partial charge in [0.05, 0.1) is 19.9 Å². The van der Waals surface area contributed by atoms with Crippen LogP contribution in [0.4, 0.5) is 0 Å². The minimum Gasteiger partial charge on any atom is -0.497 e. The first-order valence-electron chi connectivity index (χ1n) is 8.48. The molecule has 136 valence electrons. The minimum absolute atomic E-state index is 0.602. The molecule has 0 saturated carbocycles.